The largest absolute Gasteiger partial charge is 0.379 e. The predicted molar refractivity (Wildman–Crippen MR) is 110 cm³/mol. The molecule has 0 bridgehead atoms. The fraction of sp³-hybridized carbons (Fsp3) is 0.682. The minimum Gasteiger partial charge on any atom is -0.379 e. The fourth-order valence-corrected chi connectivity index (χ4v) is 4.36. The number of ether oxygens (including phenoxy) is 1. The van der Waals surface area contributed by atoms with Crippen LogP contribution in [0.2, 0.25) is 0 Å². The Balaban J connectivity index is 1.42. The van der Waals surface area contributed by atoms with Crippen LogP contribution in [0.25, 0.3) is 0 Å². The lowest BCUT2D eigenvalue weighted by atomic mass is 10.0. The van der Waals surface area contributed by atoms with Gasteiger partial charge in [-0.25, -0.2) is 4.39 Å². The van der Waals surface area contributed by atoms with Gasteiger partial charge in [0.2, 0.25) is 0 Å². The van der Waals surface area contributed by atoms with Gasteiger partial charge in [-0.2, -0.15) is 0 Å². The molecular formula is C22H33FN4O. The molecule has 3 fully saturated rings. The second kappa shape index (κ2) is 8.78. The molecule has 1 aromatic carbocycles. The minimum absolute atomic E-state index is 0.173. The number of nitrogens with zero attached hydrogens (tertiary/aromatic N) is 2. The van der Waals surface area contributed by atoms with Gasteiger partial charge < -0.3 is 15.4 Å². The van der Waals surface area contributed by atoms with Gasteiger partial charge in [0.25, 0.3) is 0 Å². The Bertz CT molecular complexity index is 664. The number of morpholine rings is 1. The van der Waals surface area contributed by atoms with Crippen molar-refractivity contribution in [1.82, 2.24) is 15.5 Å². The van der Waals surface area contributed by atoms with Gasteiger partial charge in [-0.1, -0.05) is 12.1 Å². The first kappa shape index (κ1) is 19.6. The highest BCUT2D eigenvalue weighted by Gasteiger charge is 2.53. The minimum atomic E-state index is -0.192. The lowest BCUT2D eigenvalue weighted by molar-refractivity contribution is 0.0170. The summed E-state index contributed by atoms with van der Waals surface area (Å²) in [6, 6.07) is 7.07. The molecule has 0 spiro atoms. The fourth-order valence-electron chi connectivity index (χ4n) is 4.36. The lowest BCUT2D eigenvalue weighted by Gasteiger charge is -2.35. The topological polar surface area (TPSA) is 48.9 Å². The number of halogens is 1. The van der Waals surface area contributed by atoms with Crippen molar-refractivity contribution in [1.29, 1.82) is 0 Å². The number of aliphatic imine (C=N–C) groups is 1. The molecule has 2 aliphatic carbocycles. The third-order valence-corrected chi connectivity index (χ3v) is 6.44. The van der Waals surface area contributed by atoms with Gasteiger partial charge >= 0.3 is 0 Å². The first-order valence-corrected chi connectivity index (χ1v) is 10.8. The summed E-state index contributed by atoms with van der Waals surface area (Å²) in [5.74, 6) is 1.62. The van der Waals surface area contributed by atoms with Gasteiger partial charge in [-0.05, 0) is 61.6 Å². The Labute approximate surface area is 167 Å². The maximum atomic E-state index is 13.4. The summed E-state index contributed by atoms with van der Waals surface area (Å²) in [5, 5.41) is 6.95. The van der Waals surface area contributed by atoms with E-state index in [1.54, 1.807) is 12.1 Å². The van der Waals surface area contributed by atoms with Crippen LogP contribution in [-0.4, -0.2) is 56.8 Å². The number of nitrogens with one attached hydrogen (secondary N) is 2. The highest BCUT2D eigenvalue weighted by atomic mass is 19.1. The normalized spacial score (nSPS) is 23.3. The van der Waals surface area contributed by atoms with E-state index < -0.39 is 0 Å². The Kier molecular flexibility index (Phi) is 6.16. The highest BCUT2D eigenvalue weighted by Crippen LogP contribution is 2.61. The van der Waals surface area contributed by atoms with Crippen LogP contribution in [0.1, 0.15) is 44.2 Å². The number of hydrogen-bond donors (Lipinski definition) is 2. The second-order valence-corrected chi connectivity index (χ2v) is 8.43. The van der Waals surface area contributed by atoms with E-state index in [0.29, 0.717) is 5.41 Å². The predicted octanol–water partition coefficient (Wildman–Crippen LogP) is 2.94. The van der Waals surface area contributed by atoms with Crippen molar-refractivity contribution in [2.45, 2.75) is 38.6 Å². The molecule has 6 heteroatoms. The first-order chi connectivity index (χ1) is 13.7. The molecule has 0 amide bonds. The molecule has 0 aromatic heterocycles. The van der Waals surface area contributed by atoms with Gasteiger partial charge in [0.1, 0.15) is 5.82 Å². The van der Waals surface area contributed by atoms with Crippen molar-refractivity contribution in [2.24, 2.45) is 16.3 Å². The Hall–Kier alpha value is -1.66. The molecule has 1 unspecified atom stereocenters. The molecule has 28 heavy (non-hydrogen) atoms. The molecule has 154 valence electrons. The summed E-state index contributed by atoms with van der Waals surface area (Å²) in [5.41, 5.74) is 1.63. The molecule has 1 atom stereocenters. The zero-order chi connectivity index (χ0) is 19.4. The molecule has 5 nitrogen and oxygen atoms in total. The smallest absolute Gasteiger partial charge is 0.191 e. The average Bonchev–Trinajstić information content (AvgIpc) is 3.62. The lowest BCUT2D eigenvalue weighted by Crippen LogP contribution is -2.46. The molecule has 1 aliphatic heterocycles. The number of guanidine groups is 1. The summed E-state index contributed by atoms with van der Waals surface area (Å²) in [4.78, 5) is 7.34. The summed E-state index contributed by atoms with van der Waals surface area (Å²) >= 11 is 0. The van der Waals surface area contributed by atoms with Gasteiger partial charge in [0, 0.05) is 32.7 Å². The molecule has 1 aromatic rings. The van der Waals surface area contributed by atoms with Crippen LogP contribution in [0.3, 0.4) is 0 Å². The maximum absolute atomic E-state index is 13.4. The van der Waals surface area contributed by atoms with E-state index in [2.05, 4.69) is 22.5 Å². The number of benzene rings is 1. The molecule has 0 radical (unpaired) electrons. The van der Waals surface area contributed by atoms with Crippen LogP contribution >= 0.6 is 0 Å². The summed E-state index contributed by atoms with van der Waals surface area (Å²) < 4.78 is 18.9. The van der Waals surface area contributed by atoms with E-state index in [0.717, 1.165) is 63.4 Å². The molecule has 3 aliphatic rings. The van der Waals surface area contributed by atoms with Crippen LogP contribution in [0.5, 0.6) is 0 Å². The van der Waals surface area contributed by atoms with Crippen LogP contribution in [0.15, 0.2) is 29.3 Å². The van der Waals surface area contributed by atoms with Gasteiger partial charge in [-0.3, -0.25) is 9.89 Å². The number of rotatable bonds is 8. The van der Waals surface area contributed by atoms with Gasteiger partial charge in [-0.15, -0.1) is 0 Å². The maximum Gasteiger partial charge on any atom is 0.191 e. The van der Waals surface area contributed by atoms with Crippen molar-refractivity contribution < 1.29 is 9.13 Å². The summed E-state index contributed by atoms with van der Waals surface area (Å²) in [6.45, 7) is 7.90. The van der Waals surface area contributed by atoms with Crippen molar-refractivity contribution >= 4 is 5.96 Å². The molecule has 1 heterocycles. The standard InChI is InChI=1S/C22H33FN4O/c1-2-24-21(26-16-22(9-10-22)18-5-6-18)25-15-20(27-11-13-28-14-12-27)17-3-7-19(23)8-4-17/h3-4,7-8,18,20H,2,5-6,9-16H2,1H3,(H2,24,25,26). The Morgan fingerprint density at radius 1 is 1.21 bits per heavy atom. The molecule has 4 rings (SSSR count). The third-order valence-electron chi connectivity index (χ3n) is 6.44. The van der Waals surface area contributed by atoms with Gasteiger partial charge in [0.15, 0.2) is 5.96 Å². The molecular weight excluding hydrogens is 355 g/mol. The van der Waals surface area contributed by atoms with E-state index in [1.807, 2.05) is 12.1 Å². The van der Waals surface area contributed by atoms with Crippen molar-refractivity contribution in [3.63, 3.8) is 0 Å². The molecule has 2 saturated carbocycles. The van der Waals surface area contributed by atoms with Crippen molar-refractivity contribution in [3.05, 3.63) is 35.6 Å². The number of hydrogen-bond acceptors (Lipinski definition) is 3. The van der Waals surface area contributed by atoms with Crippen molar-refractivity contribution in [3.8, 4) is 0 Å². The molecule has 1 saturated heterocycles. The van der Waals surface area contributed by atoms with E-state index in [9.17, 15) is 4.39 Å². The van der Waals surface area contributed by atoms with Crippen LogP contribution in [-0.2, 0) is 4.74 Å². The summed E-state index contributed by atoms with van der Waals surface area (Å²) in [6.07, 6.45) is 5.46. The highest BCUT2D eigenvalue weighted by molar-refractivity contribution is 5.79. The van der Waals surface area contributed by atoms with E-state index in [-0.39, 0.29) is 11.9 Å². The quantitative estimate of drug-likeness (QED) is 0.531. The van der Waals surface area contributed by atoms with E-state index in [1.165, 1.54) is 25.7 Å². The van der Waals surface area contributed by atoms with Gasteiger partial charge in [0.05, 0.1) is 19.3 Å². The Morgan fingerprint density at radius 2 is 1.93 bits per heavy atom. The van der Waals surface area contributed by atoms with Crippen molar-refractivity contribution in [2.75, 3.05) is 45.9 Å². The van der Waals surface area contributed by atoms with Crippen LogP contribution in [0, 0.1) is 17.2 Å². The SMILES string of the molecule is CCNC(=NCC1(C2CC2)CC1)NCC(c1ccc(F)cc1)N1CCOCC1. The molecule has 2 N–H and O–H groups in total. The average molecular weight is 389 g/mol. The zero-order valence-electron chi connectivity index (χ0n) is 16.9. The third kappa shape index (κ3) is 4.84. The second-order valence-electron chi connectivity index (χ2n) is 8.43. The van der Waals surface area contributed by atoms with Crippen LogP contribution in [0.4, 0.5) is 4.39 Å². The Morgan fingerprint density at radius 3 is 2.54 bits per heavy atom. The summed E-state index contributed by atoms with van der Waals surface area (Å²) in [7, 11) is 0. The zero-order valence-corrected chi connectivity index (χ0v) is 16.9. The van der Waals surface area contributed by atoms with E-state index >= 15 is 0 Å². The van der Waals surface area contributed by atoms with E-state index in [4.69, 9.17) is 9.73 Å². The monoisotopic (exact) mass is 388 g/mol. The van der Waals surface area contributed by atoms with Crippen LogP contribution < -0.4 is 10.6 Å². The first-order valence-electron chi connectivity index (χ1n) is 10.8.